The predicted octanol–water partition coefficient (Wildman–Crippen LogP) is 2.90. The van der Waals surface area contributed by atoms with Crippen LogP contribution in [0.4, 0.5) is 11.4 Å². The van der Waals surface area contributed by atoms with E-state index in [9.17, 15) is 9.59 Å². The Morgan fingerprint density at radius 2 is 1.67 bits per heavy atom. The Balaban J connectivity index is 2.29. The Morgan fingerprint density at radius 3 is 2.24 bits per heavy atom. The second-order valence-corrected chi connectivity index (χ2v) is 5.15. The molecule has 2 heterocycles. The number of hydrogen-bond acceptors (Lipinski definition) is 4. The van der Waals surface area contributed by atoms with Crippen LogP contribution in [0.3, 0.4) is 0 Å². The van der Waals surface area contributed by atoms with E-state index in [0.717, 1.165) is 11.4 Å². The van der Waals surface area contributed by atoms with Gasteiger partial charge >= 0.3 is 0 Å². The summed E-state index contributed by atoms with van der Waals surface area (Å²) >= 11 is 0. The summed E-state index contributed by atoms with van der Waals surface area (Å²) in [4.78, 5) is 31.4. The van der Waals surface area contributed by atoms with Crippen LogP contribution in [0.2, 0.25) is 0 Å². The van der Waals surface area contributed by atoms with Crippen molar-refractivity contribution in [1.29, 1.82) is 0 Å². The molecule has 0 saturated heterocycles. The van der Waals surface area contributed by atoms with Crippen LogP contribution in [0.15, 0.2) is 47.0 Å². The van der Waals surface area contributed by atoms with Gasteiger partial charge in [0.05, 0.1) is 17.0 Å². The summed E-state index contributed by atoms with van der Waals surface area (Å²) in [6, 6.07) is 7.48. The number of rotatable bonds is 1. The lowest BCUT2D eigenvalue weighted by atomic mass is 10.0. The first kappa shape index (κ1) is 13.4. The Bertz CT molecular complexity index is 731. The van der Waals surface area contributed by atoms with E-state index < -0.39 is 0 Å². The zero-order valence-corrected chi connectivity index (χ0v) is 12.4. The molecule has 0 fully saturated rings. The minimum atomic E-state index is -0.0976. The molecule has 1 aromatic carbocycles. The number of allylic oxidation sites excluding steroid dienone is 3. The molecule has 1 amide bonds. The molecule has 0 N–H and O–H groups in total. The molecule has 1 aromatic rings. The summed E-state index contributed by atoms with van der Waals surface area (Å²) in [6.07, 6.45) is 0. The first-order chi connectivity index (χ1) is 9.93. The summed E-state index contributed by atoms with van der Waals surface area (Å²) in [5.41, 5.74) is 3.37. The van der Waals surface area contributed by atoms with E-state index in [0.29, 0.717) is 22.7 Å². The number of nitrogens with zero attached hydrogens (tertiary/aromatic N) is 2. The summed E-state index contributed by atoms with van der Waals surface area (Å²) in [5, 5.41) is 1.64. The molecule has 0 unspecified atom stereocenters. The van der Waals surface area contributed by atoms with E-state index in [-0.39, 0.29) is 11.7 Å². The van der Waals surface area contributed by atoms with Gasteiger partial charge in [-0.3, -0.25) is 14.5 Å². The minimum Gasteiger partial charge on any atom is -0.378 e. The van der Waals surface area contributed by atoms with Gasteiger partial charge in [-0.2, -0.15) is 5.06 Å². The van der Waals surface area contributed by atoms with Crippen LogP contribution in [0.1, 0.15) is 27.7 Å². The van der Waals surface area contributed by atoms with E-state index in [4.69, 9.17) is 4.84 Å². The molecule has 108 valence electrons. The van der Waals surface area contributed by atoms with Crippen molar-refractivity contribution >= 4 is 23.1 Å². The van der Waals surface area contributed by atoms with Gasteiger partial charge in [-0.1, -0.05) is 12.1 Å². The average Bonchev–Trinajstić information content (AvgIpc) is 2.76. The molecule has 3 rings (SSSR count). The van der Waals surface area contributed by atoms with Gasteiger partial charge in [0.1, 0.15) is 17.1 Å². The molecule has 0 bridgehead atoms. The third-order valence-electron chi connectivity index (χ3n) is 3.71. The van der Waals surface area contributed by atoms with Crippen LogP contribution >= 0.6 is 0 Å². The smallest absolute Gasteiger partial charge is 0.228 e. The fourth-order valence-electron chi connectivity index (χ4n) is 2.93. The maximum atomic E-state index is 12.0. The van der Waals surface area contributed by atoms with Crippen molar-refractivity contribution in [2.24, 2.45) is 0 Å². The fraction of sp³-hybridized carbons (Fsp3) is 0.250. The largest absolute Gasteiger partial charge is 0.378 e. The standard InChI is InChI=1S/C16H16N2O3/c1-9-16-15(10(2)19)11(3)21-18(16)14-8-6-5-7-13(14)17(9)12(4)20/h5-8H,1-4H3. The van der Waals surface area contributed by atoms with Crippen molar-refractivity contribution in [3.05, 3.63) is 47.0 Å². The van der Waals surface area contributed by atoms with Gasteiger partial charge in [-0.05, 0) is 32.9 Å². The number of fused-ring (bicyclic) bond motifs is 3. The van der Waals surface area contributed by atoms with Crippen LogP contribution in [0, 0.1) is 0 Å². The SMILES string of the molecule is CC(=O)C1=C(C)ON2C1=C(C)N(C(C)=O)c1ccccc12. The third-order valence-corrected chi connectivity index (χ3v) is 3.71. The zero-order chi connectivity index (χ0) is 15.3. The Kier molecular flexibility index (Phi) is 2.86. The number of para-hydroxylation sites is 2. The Morgan fingerprint density at radius 1 is 1.05 bits per heavy atom. The molecule has 5 nitrogen and oxygen atoms in total. The topological polar surface area (TPSA) is 49.9 Å². The zero-order valence-electron chi connectivity index (χ0n) is 12.4. The monoisotopic (exact) mass is 284 g/mol. The van der Waals surface area contributed by atoms with Crippen molar-refractivity contribution < 1.29 is 14.4 Å². The van der Waals surface area contributed by atoms with Crippen LogP contribution in [-0.4, -0.2) is 11.7 Å². The quantitative estimate of drug-likeness (QED) is 0.795. The normalized spacial score (nSPS) is 16.8. The first-order valence-electron chi connectivity index (χ1n) is 6.74. The fourth-order valence-corrected chi connectivity index (χ4v) is 2.93. The highest BCUT2D eigenvalue weighted by Crippen LogP contribution is 2.46. The van der Waals surface area contributed by atoms with Crippen molar-refractivity contribution in [1.82, 2.24) is 0 Å². The second-order valence-electron chi connectivity index (χ2n) is 5.15. The molecule has 0 radical (unpaired) electrons. The van der Waals surface area contributed by atoms with E-state index >= 15 is 0 Å². The molecule has 2 aliphatic rings. The Hall–Kier alpha value is -2.56. The van der Waals surface area contributed by atoms with Crippen LogP contribution in [0.25, 0.3) is 0 Å². The maximum Gasteiger partial charge on any atom is 0.228 e. The number of carbonyl (C=O) groups excluding carboxylic acids is 2. The third kappa shape index (κ3) is 1.77. The van der Waals surface area contributed by atoms with Gasteiger partial charge in [0.25, 0.3) is 0 Å². The van der Waals surface area contributed by atoms with Crippen LogP contribution < -0.4 is 9.96 Å². The number of hydroxylamine groups is 1. The lowest BCUT2D eigenvalue weighted by Crippen LogP contribution is -2.36. The molecule has 21 heavy (non-hydrogen) atoms. The predicted molar refractivity (Wildman–Crippen MR) is 79.2 cm³/mol. The van der Waals surface area contributed by atoms with E-state index in [1.165, 1.54) is 13.8 Å². The number of benzene rings is 1. The molecule has 0 atom stereocenters. The molecule has 0 aliphatic carbocycles. The van der Waals surface area contributed by atoms with E-state index in [2.05, 4.69) is 0 Å². The molecular weight excluding hydrogens is 268 g/mol. The lowest BCUT2D eigenvalue weighted by Gasteiger charge is -2.35. The molecule has 0 saturated carbocycles. The van der Waals surface area contributed by atoms with Crippen molar-refractivity contribution in [3.8, 4) is 0 Å². The first-order valence-corrected chi connectivity index (χ1v) is 6.74. The second kappa shape index (κ2) is 4.48. The van der Waals surface area contributed by atoms with Crippen LogP contribution in [-0.2, 0) is 14.4 Å². The van der Waals surface area contributed by atoms with Crippen LogP contribution in [0.5, 0.6) is 0 Å². The lowest BCUT2D eigenvalue weighted by molar-refractivity contribution is -0.116. The highest BCUT2D eigenvalue weighted by molar-refractivity contribution is 6.05. The highest BCUT2D eigenvalue weighted by Gasteiger charge is 2.40. The molecular formula is C16H16N2O3. The van der Waals surface area contributed by atoms with Gasteiger partial charge in [-0.15, -0.1) is 0 Å². The molecule has 0 aromatic heterocycles. The van der Waals surface area contributed by atoms with Gasteiger partial charge in [0, 0.05) is 6.92 Å². The molecule has 5 heteroatoms. The van der Waals surface area contributed by atoms with Gasteiger partial charge in [0.15, 0.2) is 5.78 Å². The summed E-state index contributed by atoms with van der Waals surface area (Å²) in [6.45, 7) is 6.60. The number of ketones is 1. The van der Waals surface area contributed by atoms with Gasteiger partial charge in [-0.25, -0.2) is 0 Å². The van der Waals surface area contributed by atoms with Gasteiger partial charge < -0.3 is 4.84 Å². The average molecular weight is 284 g/mol. The number of hydrogen-bond donors (Lipinski definition) is 0. The van der Waals surface area contributed by atoms with Crippen molar-refractivity contribution in [3.63, 3.8) is 0 Å². The number of anilines is 2. The Labute approximate surface area is 123 Å². The maximum absolute atomic E-state index is 12.0. The number of carbonyl (C=O) groups is 2. The van der Waals surface area contributed by atoms with Crippen molar-refractivity contribution in [2.45, 2.75) is 27.7 Å². The number of Topliss-reactive ketones (excluding diaryl/α,β-unsaturated/α-hetero) is 1. The van der Waals surface area contributed by atoms with Crippen molar-refractivity contribution in [2.75, 3.05) is 9.96 Å². The summed E-state index contributed by atoms with van der Waals surface area (Å²) in [7, 11) is 0. The molecule has 2 aliphatic heterocycles. The van der Waals surface area contributed by atoms with E-state index in [1.807, 2.05) is 31.2 Å². The summed E-state index contributed by atoms with van der Waals surface area (Å²) in [5.74, 6) is 0.379. The molecule has 0 spiro atoms. The highest BCUT2D eigenvalue weighted by atomic mass is 16.7. The summed E-state index contributed by atoms with van der Waals surface area (Å²) < 4.78 is 0. The number of amides is 1. The van der Waals surface area contributed by atoms with E-state index in [1.54, 1.807) is 16.9 Å². The minimum absolute atomic E-state index is 0.0766. The van der Waals surface area contributed by atoms with Gasteiger partial charge in [0.2, 0.25) is 5.91 Å².